The molecule has 2 unspecified atom stereocenters. The lowest BCUT2D eigenvalue weighted by molar-refractivity contribution is -0.142. The molecule has 0 saturated heterocycles. The fourth-order valence-electron chi connectivity index (χ4n) is 1.02. The quantitative estimate of drug-likeness (QED) is 0.462. The van der Waals surface area contributed by atoms with Crippen LogP contribution in [0.15, 0.2) is 10.2 Å². The van der Waals surface area contributed by atoms with Crippen molar-refractivity contribution in [3.05, 3.63) is 0 Å². The molecule has 0 N–H and O–H groups in total. The predicted molar refractivity (Wildman–Crippen MR) is 65.6 cm³/mol. The third-order valence-corrected chi connectivity index (χ3v) is 2.70. The maximum atomic E-state index is 10.4. The van der Waals surface area contributed by atoms with Gasteiger partial charge in [0.15, 0.2) is 5.72 Å². The van der Waals surface area contributed by atoms with E-state index in [1.54, 1.807) is 6.92 Å². The molecule has 0 spiro atoms. The summed E-state index contributed by atoms with van der Waals surface area (Å²) < 4.78 is 10.6. The molecule has 0 amide bonds. The van der Waals surface area contributed by atoms with Crippen LogP contribution in [-0.2, 0) is 14.3 Å². The molecule has 0 heterocycles. The lowest BCUT2D eigenvalue weighted by Crippen LogP contribution is -2.29. The van der Waals surface area contributed by atoms with Crippen LogP contribution in [0.5, 0.6) is 0 Å². The van der Waals surface area contributed by atoms with Crippen molar-refractivity contribution in [3.63, 3.8) is 0 Å². The number of hydrogen-bond donors (Lipinski definition) is 0. The highest BCUT2D eigenvalue weighted by Gasteiger charge is 2.27. The van der Waals surface area contributed by atoms with Crippen molar-refractivity contribution in [2.24, 2.45) is 10.2 Å². The Morgan fingerprint density at radius 2 is 1.59 bits per heavy atom. The van der Waals surface area contributed by atoms with E-state index in [0.717, 1.165) is 12.8 Å². The van der Waals surface area contributed by atoms with Crippen LogP contribution < -0.4 is 0 Å². The molecule has 0 rings (SSSR count). The van der Waals surface area contributed by atoms with Gasteiger partial charge in [0, 0.05) is 13.0 Å². The van der Waals surface area contributed by atoms with Gasteiger partial charge in [-0.25, -0.2) is 0 Å². The van der Waals surface area contributed by atoms with Crippen molar-refractivity contribution >= 4 is 6.47 Å². The molecule has 17 heavy (non-hydrogen) atoms. The van der Waals surface area contributed by atoms with Crippen molar-refractivity contribution in [2.45, 2.75) is 65.3 Å². The average molecular weight is 244 g/mol. The maximum absolute atomic E-state index is 10.4. The number of nitrogens with zero attached hydrogens (tertiary/aromatic N) is 2. The minimum atomic E-state index is -0.895. The van der Waals surface area contributed by atoms with E-state index >= 15 is 0 Å². The predicted octanol–water partition coefficient (Wildman–Crippen LogP) is 3.29. The molecule has 0 bridgehead atoms. The number of azo groups is 1. The average Bonchev–Trinajstić information content (AvgIpc) is 2.34. The summed E-state index contributed by atoms with van der Waals surface area (Å²) in [5, 5.41) is 8.30. The van der Waals surface area contributed by atoms with Crippen LogP contribution in [0.1, 0.15) is 53.9 Å². The summed E-state index contributed by atoms with van der Waals surface area (Å²) in [5.41, 5.74) is -1.54. The smallest absolute Gasteiger partial charge is 0.295 e. The van der Waals surface area contributed by atoms with Crippen LogP contribution in [0.2, 0.25) is 0 Å². The summed E-state index contributed by atoms with van der Waals surface area (Å²) in [7, 11) is 0. The van der Waals surface area contributed by atoms with E-state index in [2.05, 4.69) is 10.2 Å². The van der Waals surface area contributed by atoms with Crippen molar-refractivity contribution in [2.75, 3.05) is 6.61 Å². The minimum absolute atomic E-state index is 0.401. The van der Waals surface area contributed by atoms with E-state index in [4.69, 9.17) is 9.47 Å². The van der Waals surface area contributed by atoms with Crippen LogP contribution in [0.3, 0.4) is 0 Å². The Hall–Kier alpha value is -0.970. The Morgan fingerprint density at radius 1 is 1.06 bits per heavy atom. The molecule has 100 valence electrons. The zero-order chi connectivity index (χ0) is 13.4. The lowest BCUT2D eigenvalue weighted by atomic mass is 10.2. The molecular weight excluding hydrogens is 220 g/mol. The molecule has 5 nitrogen and oxygen atoms in total. The van der Waals surface area contributed by atoms with Crippen molar-refractivity contribution in [3.8, 4) is 0 Å². The van der Waals surface area contributed by atoms with Gasteiger partial charge in [-0.05, 0) is 26.7 Å². The molecule has 0 aliphatic carbocycles. The summed E-state index contributed by atoms with van der Waals surface area (Å²) in [4.78, 5) is 10.4. The Morgan fingerprint density at radius 3 is 2.00 bits per heavy atom. The van der Waals surface area contributed by atoms with Gasteiger partial charge in [0.1, 0.15) is 0 Å². The SMILES string of the molecule is CCCOC(C)(CC)N=NC(C)(CC)OC=O. The third-order valence-electron chi connectivity index (χ3n) is 2.70. The Kier molecular flexibility index (Phi) is 6.95. The summed E-state index contributed by atoms with van der Waals surface area (Å²) >= 11 is 0. The first-order valence-electron chi connectivity index (χ1n) is 6.14. The molecule has 0 aliphatic rings. The first-order valence-corrected chi connectivity index (χ1v) is 6.14. The molecule has 0 aromatic rings. The highest BCUT2D eigenvalue weighted by atomic mass is 16.6. The number of carbonyl (C=O) groups is 1. The standard InChI is InChI=1S/C12H24N2O3/c1-6-9-16-11(4,7-2)13-14-12(5,8-3)17-10-15/h10H,6-9H2,1-5H3. The van der Waals surface area contributed by atoms with Gasteiger partial charge >= 0.3 is 0 Å². The Bertz CT molecular complexity index is 258. The van der Waals surface area contributed by atoms with Crippen LogP contribution >= 0.6 is 0 Å². The van der Waals surface area contributed by atoms with Crippen molar-refractivity contribution in [1.82, 2.24) is 0 Å². The van der Waals surface area contributed by atoms with Gasteiger partial charge in [-0.3, -0.25) is 4.79 Å². The normalized spacial score (nSPS) is 18.6. The summed E-state index contributed by atoms with van der Waals surface area (Å²) in [6, 6.07) is 0. The fraction of sp³-hybridized carbons (Fsp3) is 0.917. The van der Waals surface area contributed by atoms with Crippen LogP contribution in [-0.4, -0.2) is 24.5 Å². The molecular formula is C12H24N2O3. The third kappa shape index (κ3) is 5.77. The van der Waals surface area contributed by atoms with E-state index in [9.17, 15) is 4.79 Å². The lowest BCUT2D eigenvalue weighted by Gasteiger charge is -2.26. The van der Waals surface area contributed by atoms with Gasteiger partial charge in [0.2, 0.25) is 5.72 Å². The zero-order valence-electron chi connectivity index (χ0n) is 11.5. The second-order valence-corrected chi connectivity index (χ2v) is 4.32. The minimum Gasteiger partial charge on any atom is -0.438 e. The van der Waals surface area contributed by atoms with Gasteiger partial charge < -0.3 is 9.47 Å². The molecule has 0 radical (unpaired) electrons. The second kappa shape index (κ2) is 7.37. The molecule has 0 fully saturated rings. The molecule has 0 aromatic heterocycles. The van der Waals surface area contributed by atoms with Crippen LogP contribution in [0.25, 0.3) is 0 Å². The fourth-order valence-corrected chi connectivity index (χ4v) is 1.02. The maximum Gasteiger partial charge on any atom is 0.295 e. The van der Waals surface area contributed by atoms with E-state index in [0.29, 0.717) is 19.5 Å². The van der Waals surface area contributed by atoms with E-state index in [-0.39, 0.29) is 0 Å². The molecule has 5 heteroatoms. The van der Waals surface area contributed by atoms with Crippen LogP contribution in [0, 0.1) is 0 Å². The number of rotatable bonds is 9. The largest absolute Gasteiger partial charge is 0.438 e. The molecule has 2 atom stereocenters. The zero-order valence-corrected chi connectivity index (χ0v) is 11.5. The number of hydrogen-bond acceptors (Lipinski definition) is 5. The van der Waals surface area contributed by atoms with Gasteiger partial charge in [0.05, 0.1) is 0 Å². The highest BCUT2D eigenvalue weighted by Crippen LogP contribution is 2.23. The summed E-state index contributed by atoms with van der Waals surface area (Å²) in [6.45, 7) is 10.6. The first kappa shape index (κ1) is 16.0. The van der Waals surface area contributed by atoms with E-state index < -0.39 is 11.4 Å². The monoisotopic (exact) mass is 244 g/mol. The van der Waals surface area contributed by atoms with E-state index in [1.165, 1.54) is 0 Å². The van der Waals surface area contributed by atoms with E-state index in [1.807, 2.05) is 27.7 Å². The first-order chi connectivity index (χ1) is 7.95. The van der Waals surface area contributed by atoms with Gasteiger partial charge in [0.25, 0.3) is 6.47 Å². The Labute approximate surface area is 104 Å². The van der Waals surface area contributed by atoms with Gasteiger partial charge in [-0.15, -0.1) is 5.11 Å². The van der Waals surface area contributed by atoms with Gasteiger partial charge in [-0.1, -0.05) is 20.8 Å². The Balaban J connectivity index is 4.66. The van der Waals surface area contributed by atoms with Crippen molar-refractivity contribution in [1.29, 1.82) is 0 Å². The number of ether oxygens (including phenoxy) is 2. The van der Waals surface area contributed by atoms with Crippen LogP contribution in [0.4, 0.5) is 0 Å². The molecule has 0 aliphatic heterocycles. The topological polar surface area (TPSA) is 60.3 Å². The summed E-state index contributed by atoms with van der Waals surface area (Å²) in [5.74, 6) is 0. The highest BCUT2D eigenvalue weighted by molar-refractivity contribution is 5.38. The summed E-state index contributed by atoms with van der Waals surface area (Å²) in [6.07, 6.45) is 2.22. The molecule has 0 aromatic carbocycles. The van der Waals surface area contributed by atoms with Gasteiger partial charge in [-0.2, -0.15) is 5.11 Å². The number of carbonyl (C=O) groups excluding carboxylic acids is 1. The second-order valence-electron chi connectivity index (χ2n) is 4.32. The van der Waals surface area contributed by atoms with Crippen molar-refractivity contribution < 1.29 is 14.3 Å². The molecule has 0 saturated carbocycles.